The van der Waals surface area contributed by atoms with Gasteiger partial charge in [0.2, 0.25) is 0 Å². The summed E-state index contributed by atoms with van der Waals surface area (Å²) < 4.78 is 6.00. The number of likely N-dealkylation sites (N-methyl/N-ethyl adjacent to an activating group) is 1. The zero-order chi connectivity index (χ0) is 22.6. The van der Waals surface area contributed by atoms with Crippen molar-refractivity contribution < 1.29 is 18.8 Å². The molecule has 2 aromatic carbocycles. The Morgan fingerprint density at radius 1 is 1.00 bits per heavy atom. The second kappa shape index (κ2) is 9.23. The zero-order valence-electron chi connectivity index (χ0n) is 19.5. The normalized spacial score (nSPS) is 14.7. The van der Waals surface area contributed by atoms with Gasteiger partial charge in [-0.15, -0.1) is 0 Å². The van der Waals surface area contributed by atoms with Gasteiger partial charge in [-0.1, -0.05) is 48.0 Å². The Morgan fingerprint density at radius 3 is 2.10 bits per heavy atom. The first-order valence-corrected chi connectivity index (χ1v) is 11.2. The second-order valence-corrected chi connectivity index (χ2v) is 8.84. The molecule has 5 nitrogen and oxygen atoms in total. The van der Waals surface area contributed by atoms with Gasteiger partial charge in [0.25, 0.3) is 5.91 Å². The molecule has 2 aromatic rings. The Balaban J connectivity index is 1.76. The van der Waals surface area contributed by atoms with Crippen LogP contribution in [0.1, 0.15) is 48.9 Å². The highest BCUT2D eigenvalue weighted by Crippen LogP contribution is 2.48. The number of amides is 1. The maximum atomic E-state index is 13.5. The van der Waals surface area contributed by atoms with E-state index in [4.69, 9.17) is 4.74 Å². The fourth-order valence-corrected chi connectivity index (χ4v) is 4.88. The molecule has 1 fully saturated rings. The maximum Gasteiger partial charge on any atom is 0.362 e. The lowest BCUT2D eigenvalue weighted by Crippen LogP contribution is -2.64. The topological polar surface area (TPSA) is 55.4 Å². The van der Waals surface area contributed by atoms with Crippen LogP contribution in [-0.2, 0) is 20.9 Å². The number of carbonyl (C=O) groups excluding carboxylic acids is 2. The van der Waals surface area contributed by atoms with E-state index in [1.165, 1.54) is 5.56 Å². The van der Waals surface area contributed by atoms with Crippen LogP contribution in [0.15, 0.2) is 42.5 Å². The van der Waals surface area contributed by atoms with Crippen molar-refractivity contribution in [3.8, 4) is 0 Å². The molecule has 166 valence electrons. The number of rotatable bonds is 9. The van der Waals surface area contributed by atoms with Crippen LogP contribution >= 0.6 is 0 Å². The number of nitrogens with zero attached hydrogens (tertiary/aromatic N) is 1. The molecule has 0 radical (unpaired) electrons. The highest BCUT2D eigenvalue weighted by atomic mass is 16.5. The molecule has 0 aromatic heterocycles. The van der Waals surface area contributed by atoms with Gasteiger partial charge in [-0.3, -0.25) is 4.79 Å². The van der Waals surface area contributed by atoms with Crippen LogP contribution in [0.3, 0.4) is 0 Å². The van der Waals surface area contributed by atoms with Crippen molar-refractivity contribution in [2.45, 2.75) is 59.6 Å². The Morgan fingerprint density at radius 2 is 1.58 bits per heavy atom. The minimum absolute atomic E-state index is 0.0158. The summed E-state index contributed by atoms with van der Waals surface area (Å²) in [5.74, 6) is -0.239. The molecule has 1 amide bonds. The highest BCUT2D eigenvalue weighted by Gasteiger charge is 2.65. The number of anilines is 1. The quantitative estimate of drug-likeness (QED) is 0.470. The SMILES string of the molecule is CC[N+](CC)(CC(=O)OCc1ccccc1)C1(C(=O)Nc2c(C)cc(C)cc2C)CC1. The Kier molecular flexibility index (Phi) is 6.85. The van der Waals surface area contributed by atoms with E-state index < -0.39 is 5.54 Å². The number of quaternary nitrogens is 1. The summed E-state index contributed by atoms with van der Waals surface area (Å²) in [4.78, 5) is 26.3. The van der Waals surface area contributed by atoms with Crippen LogP contribution in [0.5, 0.6) is 0 Å². The largest absolute Gasteiger partial charge is 0.457 e. The molecule has 0 spiro atoms. The van der Waals surface area contributed by atoms with Crippen LogP contribution in [0, 0.1) is 20.8 Å². The van der Waals surface area contributed by atoms with Crippen molar-refractivity contribution >= 4 is 17.6 Å². The van der Waals surface area contributed by atoms with Gasteiger partial charge in [-0.25, -0.2) is 4.79 Å². The number of carbonyl (C=O) groups is 2. The molecule has 0 heterocycles. The van der Waals surface area contributed by atoms with Crippen molar-refractivity contribution in [2.24, 2.45) is 0 Å². The summed E-state index contributed by atoms with van der Waals surface area (Å²) in [6.07, 6.45) is 1.58. The lowest BCUT2D eigenvalue weighted by molar-refractivity contribution is -0.942. The lowest BCUT2D eigenvalue weighted by atomic mass is 10.0. The van der Waals surface area contributed by atoms with Gasteiger partial charge < -0.3 is 14.5 Å². The number of esters is 1. The molecule has 1 N–H and O–H groups in total. The predicted molar refractivity (Wildman–Crippen MR) is 124 cm³/mol. The van der Waals surface area contributed by atoms with Crippen LogP contribution in [0.2, 0.25) is 0 Å². The van der Waals surface area contributed by atoms with Crippen LogP contribution in [0.4, 0.5) is 5.69 Å². The van der Waals surface area contributed by atoms with E-state index in [9.17, 15) is 9.59 Å². The third-order valence-electron chi connectivity index (χ3n) is 6.85. The Bertz CT molecular complexity index is 921. The van der Waals surface area contributed by atoms with E-state index in [-0.39, 0.29) is 25.0 Å². The average Bonchev–Trinajstić information content (AvgIpc) is 3.56. The van der Waals surface area contributed by atoms with Crippen molar-refractivity contribution in [1.82, 2.24) is 0 Å². The van der Waals surface area contributed by atoms with Crippen molar-refractivity contribution in [2.75, 3.05) is 25.0 Å². The molecular formula is C26H35N2O3+. The summed E-state index contributed by atoms with van der Waals surface area (Å²) in [6, 6.07) is 13.9. The fraction of sp³-hybridized carbons (Fsp3) is 0.462. The summed E-state index contributed by atoms with van der Waals surface area (Å²) in [5.41, 5.74) is 4.59. The molecule has 1 saturated carbocycles. The minimum atomic E-state index is -0.570. The summed E-state index contributed by atoms with van der Waals surface area (Å²) >= 11 is 0. The van der Waals surface area contributed by atoms with Gasteiger partial charge >= 0.3 is 5.97 Å². The molecule has 0 saturated heterocycles. The van der Waals surface area contributed by atoms with Gasteiger partial charge in [-0.2, -0.15) is 0 Å². The summed E-state index contributed by atoms with van der Waals surface area (Å²) in [5, 5.41) is 3.21. The van der Waals surface area contributed by atoms with Gasteiger partial charge in [-0.05, 0) is 51.3 Å². The van der Waals surface area contributed by atoms with Gasteiger partial charge in [0.05, 0.1) is 13.1 Å². The molecule has 5 heteroatoms. The monoisotopic (exact) mass is 423 g/mol. The highest BCUT2D eigenvalue weighted by molar-refractivity contribution is 6.00. The third kappa shape index (κ3) is 4.67. The molecule has 31 heavy (non-hydrogen) atoms. The van der Waals surface area contributed by atoms with Crippen LogP contribution < -0.4 is 5.32 Å². The smallest absolute Gasteiger partial charge is 0.362 e. The van der Waals surface area contributed by atoms with Crippen molar-refractivity contribution in [3.05, 3.63) is 64.7 Å². The minimum Gasteiger partial charge on any atom is -0.457 e. The van der Waals surface area contributed by atoms with Crippen molar-refractivity contribution in [3.63, 3.8) is 0 Å². The lowest BCUT2D eigenvalue weighted by Gasteiger charge is -2.42. The first-order chi connectivity index (χ1) is 14.8. The summed E-state index contributed by atoms with van der Waals surface area (Å²) in [6.45, 7) is 12.1. The molecule has 0 atom stereocenters. The van der Waals surface area contributed by atoms with Gasteiger partial charge in [0.15, 0.2) is 12.1 Å². The van der Waals surface area contributed by atoms with E-state index in [1.807, 2.05) is 44.2 Å². The van der Waals surface area contributed by atoms with E-state index in [0.29, 0.717) is 17.6 Å². The Hall–Kier alpha value is -2.66. The number of nitrogens with one attached hydrogen (secondary N) is 1. The number of aryl methyl sites for hydroxylation is 3. The standard InChI is InChI=1S/C26H34N2O3/c1-6-28(7-2,17-23(29)31-18-22-11-9-8-10-12-22)26(13-14-26)25(30)27-24-20(4)15-19(3)16-21(24)5/h8-12,15-16H,6-7,13-14,17-18H2,1-5H3/p+1. The van der Waals surface area contributed by atoms with Crippen molar-refractivity contribution in [1.29, 1.82) is 0 Å². The number of ether oxygens (including phenoxy) is 1. The molecule has 0 bridgehead atoms. The molecular weight excluding hydrogens is 388 g/mol. The Labute approximate surface area is 186 Å². The fourth-order valence-electron chi connectivity index (χ4n) is 4.88. The predicted octanol–water partition coefficient (Wildman–Crippen LogP) is 4.68. The molecule has 0 unspecified atom stereocenters. The first kappa shape index (κ1) is 23.0. The number of hydrogen-bond acceptors (Lipinski definition) is 3. The van der Waals surface area contributed by atoms with E-state index >= 15 is 0 Å². The number of hydrogen-bond donors (Lipinski definition) is 1. The maximum absolute atomic E-state index is 13.5. The molecule has 1 aliphatic carbocycles. The van der Waals surface area contributed by atoms with E-state index in [1.54, 1.807) is 0 Å². The molecule has 1 aliphatic rings. The molecule has 0 aliphatic heterocycles. The summed E-state index contributed by atoms with van der Waals surface area (Å²) in [7, 11) is 0. The van der Waals surface area contributed by atoms with Gasteiger partial charge in [0.1, 0.15) is 6.61 Å². The second-order valence-electron chi connectivity index (χ2n) is 8.84. The first-order valence-electron chi connectivity index (χ1n) is 11.2. The average molecular weight is 424 g/mol. The number of benzene rings is 2. The molecule has 3 rings (SSSR count). The van der Waals surface area contributed by atoms with Gasteiger partial charge in [0, 0.05) is 18.5 Å². The van der Waals surface area contributed by atoms with Crippen LogP contribution in [-0.4, -0.2) is 41.5 Å². The van der Waals surface area contributed by atoms with E-state index in [2.05, 4.69) is 38.2 Å². The van der Waals surface area contributed by atoms with Crippen LogP contribution in [0.25, 0.3) is 0 Å². The zero-order valence-corrected chi connectivity index (χ0v) is 19.5. The van der Waals surface area contributed by atoms with E-state index in [0.717, 1.165) is 35.2 Å². The third-order valence-corrected chi connectivity index (χ3v) is 6.85.